The molecule has 3 rings (SSSR count). The minimum absolute atomic E-state index is 0.174. The fourth-order valence-electron chi connectivity index (χ4n) is 3.96. The Morgan fingerprint density at radius 2 is 2.17 bits per heavy atom. The van der Waals surface area contributed by atoms with Crippen molar-refractivity contribution in [2.45, 2.75) is 31.7 Å². The van der Waals surface area contributed by atoms with E-state index in [4.69, 9.17) is 16.3 Å². The van der Waals surface area contributed by atoms with Crippen molar-refractivity contribution < 1.29 is 19.0 Å². The van der Waals surface area contributed by atoms with Crippen LogP contribution in [0.2, 0.25) is 5.02 Å². The van der Waals surface area contributed by atoms with Gasteiger partial charge in [-0.25, -0.2) is 4.39 Å². The maximum atomic E-state index is 13.3. The SMILES string of the molecule is O=C(O)C(c1ccc(F)cc1Cl)N1CCCCC(C2CCOC2)C1. The average molecular weight is 356 g/mol. The Morgan fingerprint density at radius 3 is 2.83 bits per heavy atom. The van der Waals surface area contributed by atoms with Gasteiger partial charge in [0, 0.05) is 24.8 Å². The molecule has 0 aromatic heterocycles. The van der Waals surface area contributed by atoms with E-state index in [2.05, 4.69) is 0 Å². The predicted molar refractivity (Wildman–Crippen MR) is 89.6 cm³/mol. The van der Waals surface area contributed by atoms with Crippen LogP contribution in [0.15, 0.2) is 18.2 Å². The number of carbonyl (C=O) groups is 1. The molecule has 0 aliphatic carbocycles. The minimum Gasteiger partial charge on any atom is -0.480 e. The lowest BCUT2D eigenvalue weighted by Gasteiger charge is -2.32. The van der Waals surface area contributed by atoms with Gasteiger partial charge in [-0.2, -0.15) is 0 Å². The highest BCUT2D eigenvalue weighted by Gasteiger charge is 2.35. The summed E-state index contributed by atoms with van der Waals surface area (Å²) < 4.78 is 18.8. The van der Waals surface area contributed by atoms with Gasteiger partial charge >= 0.3 is 5.97 Å². The number of rotatable bonds is 4. The van der Waals surface area contributed by atoms with Crippen LogP contribution in [0.5, 0.6) is 0 Å². The second-order valence-corrected chi connectivity index (χ2v) is 7.19. The van der Waals surface area contributed by atoms with Crippen LogP contribution >= 0.6 is 11.6 Å². The minimum atomic E-state index is -0.938. The van der Waals surface area contributed by atoms with Crippen molar-refractivity contribution in [1.82, 2.24) is 4.90 Å². The molecule has 4 nitrogen and oxygen atoms in total. The summed E-state index contributed by atoms with van der Waals surface area (Å²) in [6.45, 7) is 3.01. The van der Waals surface area contributed by atoms with Gasteiger partial charge in [0.05, 0.1) is 0 Å². The van der Waals surface area contributed by atoms with E-state index in [1.165, 1.54) is 18.2 Å². The van der Waals surface area contributed by atoms with E-state index in [1.54, 1.807) is 0 Å². The third-order valence-corrected chi connectivity index (χ3v) is 5.55. The first-order valence-electron chi connectivity index (χ1n) is 8.56. The summed E-state index contributed by atoms with van der Waals surface area (Å²) in [7, 11) is 0. The number of hydrogen-bond donors (Lipinski definition) is 1. The van der Waals surface area contributed by atoms with Crippen LogP contribution in [0.1, 0.15) is 37.3 Å². The molecular weight excluding hydrogens is 333 g/mol. The van der Waals surface area contributed by atoms with E-state index in [-0.39, 0.29) is 5.02 Å². The van der Waals surface area contributed by atoms with Crippen molar-refractivity contribution in [3.63, 3.8) is 0 Å². The smallest absolute Gasteiger partial charge is 0.325 e. The molecule has 0 spiro atoms. The fourth-order valence-corrected chi connectivity index (χ4v) is 4.23. The Kier molecular flexibility index (Phi) is 5.74. The van der Waals surface area contributed by atoms with Gasteiger partial charge in [0.2, 0.25) is 0 Å². The monoisotopic (exact) mass is 355 g/mol. The zero-order valence-electron chi connectivity index (χ0n) is 13.6. The second kappa shape index (κ2) is 7.81. The molecule has 0 bridgehead atoms. The molecule has 24 heavy (non-hydrogen) atoms. The van der Waals surface area contributed by atoms with Gasteiger partial charge in [-0.1, -0.05) is 24.1 Å². The molecule has 2 aliphatic heterocycles. The molecule has 3 unspecified atom stereocenters. The van der Waals surface area contributed by atoms with Crippen molar-refractivity contribution >= 4 is 17.6 Å². The van der Waals surface area contributed by atoms with E-state index in [0.717, 1.165) is 52.0 Å². The van der Waals surface area contributed by atoms with Gasteiger partial charge in [-0.15, -0.1) is 0 Å². The number of benzene rings is 1. The van der Waals surface area contributed by atoms with Crippen molar-refractivity contribution in [3.05, 3.63) is 34.6 Å². The third kappa shape index (κ3) is 3.90. The van der Waals surface area contributed by atoms with Crippen molar-refractivity contribution in [2.24, 2.45) is 11.8 Å². The quantitative estimate of drug-likeness (QED) is 0.893. The number of carboxylic acids is 1. The summed E-state index contributed by atoms with van der Waals surface area (Å²) in [5, 5.41) is 9.97. The first-order chi connectivity index (χ1) is 11.6. The standard InChI is InChI=1S/C18H23ClFNO3/c19-16-9-14(20)4-5-15(16)17(18(22)23)21-7-2-1-3-12(10-21)13-6-8-24-11-13/h4-5,9,12-13,17H,1-3,6-8,10-11H2,(H,22,23). The lowest BCUT2D eigenvalue weighted by Crippen LogP contribution is -2.38. The number of ether oxygens (including phenoxy) is 1. The van der Waals surface area contributed by atoms with Crippen molar-refractivity contribution in [2.75, 3.05) is 26.3 Å². The highest BCUT2D eigenvalue weighted by Crippen LogP contribution is 2.35. The van der Waals surface area contributed by atoms with Crippen LogP contribution in [0.3, 0.4) is 0 Å². The first-order valence-corrected chi connectivity index (χ1v) is 8.93. The van der Waals surface area contributed by atoms with Gasteiger partial charge in [0.25, 0.3) is 0 Å². The van der Waals surface area contributed by atoms with Crippen LogP contribution in [-0.2, 0) is 9.53 Å². The van der Waals surface area contributed by atoms with Gasteiger partial charge in [-0.3, -0.25) is 9.69 Å². The molecular formula is C18H23ClFNO3. The summed E-state index contributed by atoms with van der Waals surface area (Å²) >= 11 is 6.14. The molecule has 2 saturated heterocycles. The lowest BCUT2D eigenvalue weighted by molar-refractivity contribution is -0.144. The molecule has 2 aliphatic rings. The molecule has 3 atom stereocenters. The van der Waals surface area contributed by atoms with E-state index in [0.29, 0.717) is 17.4 Å². The van der Waals surface area contributed by atoms with Crippen LogP contribution in [0.25, 0.3) is 0 Å². The molecule has 0 radical (unpaired) electrons. The summed E-state index contributed by atoms with van der Waals surface area (Å²) in [6.07, 6.45) is 4.22. The number of carboxylic acid groups (broad SMARTS) is 1. The lowest BCUT2D eigenvalue weighted by atomic mass is 9.87. The van der Waals surface area contributed by atoms with Crippen molar-refractivity contribution in [3.8, 4) is 0 Å². The Morgan fingerprint density at radius 1 is 1.33 bits per heavy atom. The molecule has 2 heterocycles. The maximum Gasteiger partial charge on any atom is 0.325 e. The van der Waals surface area contributed by atoms with Gasteiger partial charge in [0.1, 0.15) is 11.9 Å². The predicted octanol–water partition coefficient (Wildman–Crippen LogP) is 3.74. The Hall–Kier alpha value is -1.17. The number of hydrogen-bond acceptors (Lipinski definition) is 3. The summed E-state index contributed by atoms with van der Waals surface area (Å²) in [4.78, 5) is 14.0. The van der Waals surface area contributed by atoms with Crippen LogP contribution in [0.4, 0.5) is 4.39 Å². The summed E-state index contributed by atoms with van der Waals surface area (Å²) in [5.41, 5.74) is 0.467. The van der Waals surface area contributed by atoms with Crippen LogP contribution in [-0.4, -0.2) is 42.3 Å². The highest BCUT2D eigenvalue weighted by atomic mass is 35.5. The summed E-state index contributed by atoms with van der Waals surface area (Å²) in [6, 6.07) is 3.13. The fraction of sp³-hybridized carbons (Fsp3) is 0.611. The average Bonchev–Trinajstić information content (AvgIpc) is 2.96. The Labute approximate surface area is 146 Å². The van der Waals surface area contributed by atoms with Crippen LogP contribution in [0, 0.1) is 17.7 Å². The molecule has 0 amide bonds. The van der Waals surface area contributed by atoms with E-state index >= 15 is 0 Å². The van der Waals surface area contributed by atoms with E-state index in [1.807, 2.05) is 4.90 Å². The molecule has 132 valence electrons. The van der Waals surface area contributed by atoms with E-state index in [9.17, 15) is 14.3 Å². The van der Waals surface area contributed by atoms with Gasteiger partial charge < -0.3 is 9.84 Å². The van der Waals surface area contributed by atoms with E-state index < -0.39 is 17.8 Å². The van der Waals surface area contributed by atoms with Crippen LogP contribution < -0.4 is 0 Å². The topological polar surface area (TPSA) is 49.8 Å². The largest absolute Gasteiger partial charge is 0.480 e. The van der Waals surface area contributed by atoms with Gasteiger partial charge in [-0.05, 0) is 55.3 Å². The van der Waals surface area contributed by atoms with Crippen molar-refractivity contribution in [1.29, 1.82) is 0 Å². The molecule has 1 aromatic carbocycles. The van der Waals surface area contributed by atoms with Gasteiger partial charge in [0.15, 0.2) is 0 Å². The zero-order valence-corrected chi connectivity index (χ0v) is 14.3. The zero-order chi connectivity index (χ0) is 17.1. The molecule has 1 N–H and O–H groups in total. The second-order valence-electron chi connectivity index (χ2n) is 6.78. The Bertz CT molecular complexity index is 592. The number of nitrogens with zero attached hydrogens (tertiary/aromatic N) is 1. The molecule has 1 aromatic rings. The third-order valence-electron chi connectivity index (χ3n) is 5.23. The number of halogens is 2. The maximum absolute atomic E-state index is 13.3. The Balaban J connectivity index is 1.84. The number of aliphatic carboxylic acids is 1. The first kappa shape index (κ1) is 17.6. The normalized spacial score (nSPS) is 26.9. The molecule has 0 saturated carbocycles. The summed E-state index contributed by atoms with van der Waals surface area (Å²) in [5.74, 6) is -0.448. The molecule has 2 fully saturated rings. The highest BCUT2D eigenvalue weighted by molar-refractivity contribution is 6.31. The molecule has 6 heteroatoms. The number of likely N-dealkylation sites (tertiary alicyclic amines) is 1.